The summed E-state index contributed by atoms with van der Waals surface area (Å²) in [7, 11) is 1.48. The second-order valence-corrected chi connectivity index (χ2v) is 8.20. The predicted octanol–water partition coefficient (Wildman–Crippen LogP) is 3.58. The van der Waals surface area contributed by atoms with Crippen LogP contribution in [0.5, 0.6) is 5.75 Å². The molecule has 11 heteroatoms. The van der Waals surface area contributed by atoms with Crippen molar-refractivity contribution in [3.63, 3.8) is 0 Å². The van der Waals surface area contributed by atoms with Crippen molar-refractivity contribution in [3.8, 4) is 11.4 Å². The highest BCUT2D eigenvalue weighted by atomic mass is 19.1. The number of halogens is 2. The van der Waals surface area contributed by atoms with Crippen LogP contribution in [0.2, 0.25) is 0 Å². The Kier molecular flexibility index (Phi) is 6.73. The summed E-state index contributed by atoms with van der Waals surface area (Å²) < 4.78 is 34.7. The number of anilines is 1. The Morgan fingerprint density at radius 1 is 1.15 bits per heavy atom. The van der Waals surface area contributed by atoms with Gasteiger partial charge in [-0.15, -0.1) is 4.68 Å². The van der Waals surface area contributed by atoms with Crippen LogP contribution in [0.3, 0.4) is 0 Å². The normalized spacial score (nSPS) is 15.2. The van der Waals surface area contributed by atoms with Crippen LogP contribution < -0.4 is 15.3 Å². The van der Waals surface area contributed by atoms with Crippen LogP contribution in [0.1, 0.15) is 50.7 Å². The number of methoxy groups -OCH3 is 1. The van der Waals surface area contributed by atoms with Gasteiger partial charge in [-0.2, -0.15) is 4.68 Å². The number of hydrogen-bond acceptors (Lipinski definition) is 6. The summed E-state index contributed by atoms with van der Waals surface area (Å²) in [6, 6.07) is 6.99. The first-order chi connectivity index (χ1) is 16.3. The molecule has 1 atom stereocenters. The van der Waals surface area contributed by atoms with E-state index < -0.39 is 35.1 Å². The standard InChI is InChI=1S/C23H25F2N5O4/c1-14(31)17-13-16(11-12-20(17)34-2)28(15-7-4-3-5-8-15)22(32)30-23(33)29(26-27-30)21-18(24)9-6-10-19(21)25/h6,9-15,31H,3-5,7-8H2,1-2H3. The Morgan fingerprint density at radius 3 is 2.44 bits per heavy atom. The van der Waals surface area contributed by atoms with Crippen LogP contribution in [0, 0.1) is 11.6 Å². The van der Waals surface area contributed by atoms with Gasteiger partial charge in [-0.3, -0.25) is 4.90 Å². The highest BCUT2D eigenvalue weighted by Gasteiger charge is 2.32. The van der Waals surface area contributed by atoms with E-state index in [2.05, 4.69) is 10.4 Å². The van der Waals surface area contributed by atoms with E-state index in [9.17, 15) is 23.5 Å². The quantitative estimate of drug-likeness (QED) is 0.569. The predicted molar refractivity (Wildman–Crippen MR) is 119 cm³/mol. The van der Waals surface area contributed by atoms with E-state index in [0.717, 1.165) is 37.5 Å². The van der Waals surface area contributed by atoms with Crippen LogP contribution >= 0.6 is 0 Å². The molecule has 1 amide bonds. The van der Waals surface area contributed by atoms with Gasteiger partial charge in [-0.05, 0) is 60.5 Å². The second kappa shape index (κ2) is 9.72. The zero-order valence-corrected chi connectivity index (χ0v) is 18.8. The molecule has 1 unspecified atom stereocenters. The number of aromatic nitrogens is 4. The molecule has 4 rings (SSSR count). The number of nitrogens with zero attached hydrogens (tertiary/aromatic N) is 5. The number of aliphatic hydroxyl groups excluding tert-OH is 1. The summed E-state index contributed by atoms with van der Waals surface area (Å²) in [6.45, 7) is 1.58. The first kappa shape index (κ1) is 23.6. The molecule has 1 fully saturated rings. The minimum atomic E-state index is -1.10. The van der Waals surface area contributed by atoms with Crippen molar-refractivity contribution in [1.82, 2.24) is 19.8 Å². The lowest BCUT2D eigenvalue weighted by Crippen LogP contribution is -2.47. The zero-order chi connectivity index (χ0) is 24.4. The lowest BCUT2D eigenvalue weighted by molar-refractivity contribution is 0.194. The number of aliphatic hydroxyl groups is 1. The van der Waals surface area contributed by atoms with Gasteiger partial charge in [0.1, 0.15) is 11.4 Å². The van der Waals surface area contributed by atoms with E-state index in [4.69, 9.17) is 4.74 Å². The Morgan fingerprint density at radius 2 is 1.82 bits per heavy atom. The molecule has 1 saturated carbocycles. The Balaban J connectivity index is 1.80. The molecule has 1 aliphatic carbocycles. The number of carbonyl (C=O) groups excluding carboxylic acids is 1. The van der Waals surface area contributed by atoms with Gasteiger partial charge in [-0.25, -0.2) is 18.4 Å². The van der Waals surface area contributed by atoms with Crippen molar-refractivity contribution in [2.75, 3.05) is 12.0 Å². The SMILES string of the molecule is COc1ccc(N(C(=O)n2nnn(-c3c(F)cccc3F)c2=O)C2CCCCC2)cc1C(C)O. The number of amides is 1. The molecule has 1 N–H and O–H groups in total. The van der Waals surface area contributed by atoms with Crippen molar-refractivity contribution in [2.24, 2.45) is 0 Å². The minimum Gasteiger partial charge on any atom is -0.496 e. The minimum absolute atomic E-state index is 0.237. The second-order valence-electron chi connectivity index (χ2n) is 8.20. The number of para-hydroxylation sites is 1. The Labute approximate surface area is 194 Å². The maximum absolute atomic E-state index is 14.2. The molecule has 34 heavy (non-hydrogen) atoms. The van der Waals surface area contributed by atoms with Crippen molar-refractivity contribution >= 4 is 11.7 Å². The molecule has 180 valence electrons. The van der Waals surface area contributed by atoms with Gasteiger partial charge < -0.3 is 9.84 Å². The lowest BCUT2D eigenvalue weighted by Gasteiger charge is -2.34. The zero-order valence-electron chi connectivity index (χ0n) is 18.8. The Hall–Kier alpha value is -3.60. The van der Waals surface area contributed by atoms with E-state index >= 15 is 0 Å². The van der Waals surface area contributed by atoms with E-state index in [1.807, 2.05) is 0 Å². The van der Waals surface area contributed by atoms with Crippen LogP contribution in [-0.4, -0.2) is 44.1 Å². The highest BCUT2D eigenvalue weighted by Crippen LogP contribution is 2.33. The van der Waals surface area contributed by atoms with Crippen LogP contribution in [0.15, 0.2) is 41.2 Å². The van der Waals surface area contributed by atoms with Gasteiger partial charge in [0.15, 0.2) is 11.6 Å². The third-order valence-electron chi connectivity index (χ3n) is 6.00. The molecule has 3 aromatic rings. The molecule has 0 saturated heterocycles. The van der Waals surface area contributed by atoms with Gasteiger partial charge in [0.2, 0.25) is 0 Å². The average molecular weight is 473 g/mol. The first-order valence-electron chi connectivity index (χ1n) is 11.0. The molecular weight excluding hydrogens is 448 g/mol. The third kappa shape index (κ3) is 4.30. The fraction of sp³-hybridized carbons (Fsp3) is 0.391. The number of ether oxygens (including phenoxy) is 1. The fourth-order valence-corrected chi connectivity index (χ4v) is 4.31. The summed E-state index contributed by atoms with van der Waals surface area (Å²) in [5.41, 5.74) is -0.902. The van der Waals surface area contributed by atoms with E-state index in [-0.39, 0.29) is 6.04 Å². The molecule has 0 bridgehead atoms. The van der Waals surface area contributed by atoms with E-state index in [0.29, 0.717) is 39.2 Å². The molecule has 1 aromatic heterocycles. The van der Waals surface area contributed by atoms with Gasteiger partial charge in [0.25, 0.3) is 0 Å². The monoisotopic (exact) mass is 473 g/mol. The smallest absolute Gasteiger partial charge is 0.377 e. The van der Waals surface area contributed by atoms with Crippen LogP contribution in [-0.2, 0) is 0 Å². The summed E-state index contributed by atoms with van der Waals surface area (Å²) in [4.78, 5) is 28.0. The summed E-state index contributed by atoms with van der Waals surface area (Å²) >= 11 is 0. The average Bonchev–Trinajstić information content (AvgIpc) is 3.20. The molecule has 1 aliphatic rings. The topological polar surface area (TPSA) is 102 Å². The Bertz CT molecular complexity index is 1230. The number of tetrazole rings is 1. The molecule has 0 aliphatic heterocycles. The maximum Gasteiger partial charge on any atom is 0.377 e. The summed E-state index contributed by atoms with van der Waals surface area (Å²) in [6.07, 6.45) is 3.36. The van der Waals surface area contributed by atoms with E-state index in [1.165, 1.54) is 12.0 Å². The van der Waals surface area contributed by atoms with Crippen molar-refractivity contribution in [2.45, 2.75) is 51.2 Å². The van der Waals surface area contributed by atoms with Gasteiger partial charge in [0, 0.05) is 17.3 Å². The van der Waals surface area contributed by atoms with Crippen LogP contribution in [0.25, 0.3) is 5.69 Å². The van der Waals surface area contributed by atoms with Crippen molar-refractivity contribution in [3.05, 3.63) is 64.1 Å². The molecule has 9 nitrogen and oxygen atoms in total. The van der Waals surface area contributed by atoms with Crippen molar-refractivity contribution < 1.29 is 23.4 Å². The van der Waals surface area contributed by atoms with Gasteiger partial charge in [0.05, 0.1) is 13.2 Å². The summed E-state index contributed by atoms with van der Waals surface area (Å²) in [5.74, 6) is -1.57. The van der Waals surface area contributed by atoms with Crippen LogP contribution in [0.4, 0.5) is 19.3 Å². The highest BCUT2D eigenvalue weighted by molar-refractivity contribution is 5.93. The molecule has 0 spiro atoms. The number of hydrogen-bond donors (Lipinski definition) is 1. The molecular formula is C23H25F2N5O4. The first-order valence-corrected chi connectivity index (χ1v) is 11.0. The van der Waals surface area contributed by atoms with Crippen molar-refractivity contribution in [1.29, 1.82) is 0 Å². The number of carbonyl (C=O) groups is 1. The largest absolute Gasteiger partial charge is 0.496 e. The lowest BCUT2D eigenvalue weighted by atomic mass is 9.93. The van der Waals surface area contributed by atoms with Gasteiger partial charge in [-0.1, -0.05) is 25.3 Å². The molecule has 2 aromatic carbocycles. The number of rotatable bonds is 5. The molecule has 1 heterocycles. The van der Waals surface area contributed by atoms with Gasteiger partial charge >= 0.3 is 11.7 Å². The number of benzene rings is 2. The fourth-order valence-electron chi connectivity index (χ4n) is 4.31. The third-order valence-corrected chi connectivity index (χ3v) is 6.00. The van der Waals surface area contributed by atoms with E-state index in [1.54, 1.807) is 25.1 Å². The maximum atomic E-state index is 14.2. The summed E-state index contributed by atoms with van der Waals surface area (Å²) in [5, 5.41) is 17.4. The molecule has 0 radical (unpaired) electrons.